The molecule has 2 unspecified atom stereocenters. The second kappa shape index (κ2) is 6.05. The molecule has 0 aliphatic heterocycles. The van der Waals surface area contributed by atoms with Gasteiger partial charge >= 0.3 is 0 Å². The highest BCUT2D eigenvalue weighted by Gasteiger charge is 2.71. The van der Waals surface area contributed by atoms with E-state index in [1.807, 2.05) is 36.4 Å². The molecule has 0 radical (unpaired) electrons. The largest absolute Gasteiger partial charge is 0.294 e. The van der Waals surface area contributed by atoms with Crippen LogP contribution in [0.5, 0.6) is 0 Å². The second-order valence-corrected chi connectivity index (χ2v) is 7.98. The van der Waals surface area contributed by atoms with Crippen LogP contribution in [0.15, 0.2) is 78.4 Å². The fourth-order valence-electron chi connectivity index (χ4n) is 5.20. The van der Waals surface area contributed by atoms with Crippen LogP contribution in [-0.4, -0.2) is 23.1 Å². The van der Waals surface area contributed by atoms with E-state index in [4.69, 9.17) is 0 Å². The summed E-state index contributed by atoms with van der Waals surface area (Å²) >= 11 is 0. The van der Waals surface area contributed by atoms with Crippen molar-refractivity contribution in [3.05, 3.63) is 95.1 Å². The fourth-order valence-corrected chi connectivity index (χ4v) is 5.20. The van der Waals surface area contributed by atoms with Crippen LogP contribution in [0.4, 0.5) is 0 Å². The highest BCUT2D eigenvalue weighted by atomic mass is 16.2. The molecule has 0 spiro atoms. The molecule has 0 saturated heterocycles. The molecule has 4 nitrogen and oxygen atoms in total. The van der Waals surface area contributed by atoms with Crippen LogP contribution in [0.25, 0.3) is 0 Å². The number of hydrogen-bond donors (Lipinski definition) is 0. The molecule has 2 aromatic carbocycles. The van der Waals surface area contributed by atoms with Gasteiger partial charge in [0.15, 0.2) is 23.1 Å². The first-order valence-electron chi connectivity index (χ1n) is 9.68. The SMILES string of the molecule is O=C1C=CC(=O)C23CC(Cc4ccccc4)=CCC12C(=O)c1ccccc1C3=O. The Morgan fingerprint density at radius 2 is 1.24 bits per heavy atom. The molecule has 0 heterocycles. The quantitative estimate of drug-likeness (QED) is 0.587. The van der Waals surface area contributed by atoms with E-state index >= 15 is 0 Å². The molecule has 2 aromatic rings. The van der Waals surface area contributed by atoms with E-state index in [2.05, 4.69) is 0 Å². The predicted molar refractivity (Wildman–Crippen MR) is 107 cm³/mol. The summed E-state index contributed by atoms with van der Waals surface area (Å²) in [6, 6.07) is 16.3. The monoisotopic (exact) mass is 382 g/mol. The van der Waals surface area contributed by atoms with Gasteiger partial charge in [-0.15, -0.1) is 0 Å². The highest BCUT2D eigenvalue weighted by molar-refractivity contribution is 6.37. The first kappa shape index (κ1) is 17.7. The maximum atomic E-state index is 13.7. The molecule has 4 heteroatoms. The third-order valence-corrected chi connectivity index (χ3v) is 6.61. The minimum absolute atomic E-state index is 0.0724. The third-order valence-electron chi connectivity index (χ3n) is 6.61. The first-order valence-corrected chi connectivity index (χ1v) is 9.68. The van der Waals surface area contributed by atoms with Gasteiger partial charge in [0.25, 0.3) is 0 Å². The maximum absolute atomic E-state index is 13.7. The summed E-state index contributed by atoms with van der Waals surface area (Å²) in [5, 5.41) is 0. The lowest BCUT2D eigenvalue weighted by atomic mass is 9.44. The molecule has 3 aliphatic rings. The number of carbonyl (C=O) groups excluding carboxylic acids is 4. The van der Waals surface area contributed by atoms with Gasteiger partial charge in [0.05, 0.1) is 0 Å². The number of hydrogen-bond acceptors (Lipinski definition) is 4. The summed E-state index contributed by atoms with van der Waals surface area (Å²) in [6.45, 7) is 0. The average molecular weight is 382 g/mol. The third kappa shape index (κ3) is 2.14. The van der Waals surface area contributed by atoms with Crippen LogP contribution >= 0.6 is 0 Å². The normalized spacial score (nSPS) is 27.8. The molecule has 0 fully saturated rings. The number of benzene rings is 2. The van der Waals surface area contributed by atoms with Crippen molar-refractivity contribution in [2.45, 2.75) is 19.3 Å². The summed E-state index contributed by atoms with van der Waals surface area (Å²) in [5.74, 6) is -1.71. The molecular formula is C25H18O4. The van der Waals surface area contributed by atoms with Crippen LogP contribution in [0.3, 0.4) is 0 Å². The number of rotatable bonds is 2. The van der Waals surface area contributed by atoms with E-state index in [0.29, 0.717) is 6.42 Å². The van der Waals surface area contributed by atoms with Crippen molar-refractivity contribution in [3.8, 4) is 0 Å². The number of carbonyl (C=O) groups is 4. The van der Waals surface area contributed by atoms with Crippen molar-refractivity contribution in [1.82, 2.24) is 0 Å². The Bertz CT molecular complexity index is 1150. The molecule has 0 N–H and O–H groups in total. The lowest BCUT2D eigenvalue weighted by molar-refractivity contribution is -0.139. The zero-order valence-electron chi connectivity index (χ0n) is 15.7. The van der Waals surface area contributed by atoms with E-state index in [1.54, 1.807) is 24.3 Å². The first-order chi connectivity index (χ1) is 14.0. The molecular weight excluding hydrogens is 364 g/mol. The van der Waals surface area contributed by atoms with Gasteiger partial charge in [-0.05, 0) is 37.0 Å². The van der Waals surface area contributed by atoms with E-state index in [1.165, 1.54) is 12.2 Å². The van der Waals surface area contributed by atoms with Crippen LogP contribution in [0, 0.1) is 10.8 Å². The maximum Gasteiger partial charge on any atom is 0.179 e. The Hall–Kier alpha value is -3.40. The Labute approximate surface area is 167 Å². The minimum Gasteiger partial charge on any atom is -0.294 e. The number of allylic oxidation sites excluding steroid dienone is 4. The van der Waals surface area contributed by atoms with Crippen molar-refractivity contribution in [2.24, 2.45) is 10.8 Å². The van der Waals surface area contributed by atoms with Crippen molar-refractivity contribution in [1.29, 1.82) is 0 Å². The topological polar surface area (TPSA) is 68.3 Å². The summed E-state index contributed by atoms with van der Waals surface area (Å²) in [5.41, 5.74) is -0.894. The van der Waals surface area contributed by atoms with E-state index in [-0.39, 0.29) is 24.0 Å². The van der Waals surface area contributed by atoms with Gasteiger partial charge in [-0.3, -0.25) is 19.2 Å². The highest BCUT2D eigenvalue weighted by Crippen LogP contribution is 2.59. The lowest BCUT2D eigenvalue weighted by Gasteiger charge is -2.52. The van der Waals surface area contributed by atoms with Crippen LogP contribution < -0.4 is 0 Å². The zero-order chi connectivity index (χ0) is 20.2. The standard InChI is InChI=1S/C25H18O4/c26-20-10-11-21(27)25-15-17(14-16-6-2-1-3-7-16)12-13-24(20,25)22(28)18-8-4-5-9-19(18)23(25)29/h1-12H,13-15H2. The summed E-state index contributed by atoms with van der Waals surface area (Å²) in [6.07, 6.45) is 4.99. The molecule has 0 aromatic heterocycles. The van der Waals surface area contributed by atoms with Crippen LogP contribution in [0.1, 0.15) is 39.1 Å². The van der Waals surface area contributed by atoms with Gasteiger partial charge in [0.2, 0.25) is 0 Å². The van der Waals surface area contributed by atoms with Crippen molar-refractivity contribution in [2.75, 3.05) is 0 Å². The van der Waals surface area contributed by atoms with Crippen LogP contribution in [-0.2, 0) is 16.0 Å². The number of Topliss-reactive ketones (excluding diaryl/α,β-unsaturated/α-hetero) is 2. The Kier molecular flexibility index (Phi) is 3.69. The van der Waals surface area contributed by atoms with Gasteiger partial charge in [-0.1, -0.05) is 66.2 Å². The lowest BCUT2D eigenvalue weighted by Crippen LogP contribution is -2.65. The number of fused-ring (bicyclic) bond motifs is 1. The van der Waals surface area contributed by atoms with E-state index in [9.17, 15) is 19.2 Å². The fraction of sp³-hybridized carbons (Fsp3) is 0.200. The van der Waals surface area contributed by atoms with Gasteiger partial charge in [-0.2, -0.15) is 0 Å². The molecule has 5 rings (SSSR count). The van der Waals surface area contributed by atoms with Gasteiger partial charge in [0.1, 0.15) is 10.8 Å². The van der Waals surface area contributed by atoms with Gasteiger partial charge in [0, 0.05) is 11.1 Å². The van der Waals surface area contributed by atoms with Gasteiger partial charge < -0.3 is 0 Å². The average Bonchev–Trinajstić information content (AvgIpc) is 2.75. The van der Waals surface area contributed by atoms with E-state index < -0.39 is 34.0 Å². The van der Waals surface area contributed by atoms with E-state index in [0.717, 1.165) is 11.1 Å². The summed E-state index contributed by atoms with van der Waals surface area (Å²) in [4.78, 5) is 53.7. The molecule has 3 aliphatic carbocycles. The molecule has 142 valence electrons. The summed E-state index contributed by atoms with van der Waals surface area (Å²) in [7, 11) is 0. The Morgan fingerprint density at radius 1 is 0.690 bits per heavy atom. The smallest absolute Gasteiger partial charge is 0.179 e. The molecule has 0 saturated carbocycles. The molecule has 0 bridgehead atoms. The Morgan fingerprint density at radius 3 is 1.90 bits per heavy atom. The predicted octanol–water partition coefficient (Wildman–Crippen LogP) is 3.71. The molecule has 0 amide bonds. The van der Waals surface area contributed by atoms with Crippen molar-refractivity contribution in [3.63, 3.8) is 0 Å². The van der Waals surface area contributed by atoms with Crippen LogP contribution in [0.2, 0.25) is 0 Å². The van der Waals surface area contributed by atoms with Crippen molar-refractivity contribution < 1.29 is 19.2 Å². The van der Waals surface area contributed by atoms with Gasteiger partial charge in [-0.25, -0.2) is 0 Å². The molecule has 29 heavy (non-hydrogen) atoms. The molecule has 2 atom stereocenters. The second-order valence-electron chi connectivity index (χ2n) is 7.98. The minimum atomic E-state index is -1.68. The van der Waals surface area contributed by atoms with Crippen molar-refractivity contribution >= 4 is 23.1 Å². The summed E-state index contributed by atoms with van der Waals surface area (Å²) < 4.78 is 0. The Balaban J connectivity index is 1.71. The zero-order valence-corrected chi connectivity index (χ0v) is 15.7. The number of ketones is 4.